The summed E-state index contributed by atoms with van der Waals surface area (Å²) in [5, 5.41) is 18.1. The molecule has 0 saturated heterocycles. The third kappa shape index (κ3) is 2.96. The van der Waals surface area contributed by atoms with Crippen LogP contribution in [0.5, 0.6) is 0 Å². The van der Waals surface area contributed by atoms with Gasteiger partial charge in [-0.25, -0.2) is 9.59 Å². The lowest BCUT2D eigenvalue weighted by atomic mass is 9.85. The van der Waals surface area contributed by atoms with E-state index in [1.54, 1.807) is 6.07 Å². The predicted molar refractivity (Wildman–Crippen MR) is 71.8 cm³/mol. The van der Waals surface area contributed by atoms with Crippen LogP contribution < -0.4 is 0 Å². The van der Waals surface area contributed by atoms with E-state index in [1.807, 2.05) is 43.4 Å². The Morgan fingerprint density at radius 3 is 2.00 bits per heavy atom. The van der Waals surface area contributed by atoms with E-state index < -0.39 is 11.9 Å². The Labute approximate surface area is 113 Å². The molecule has 0 unspecified atom stereocenters. The monoisotopic (exact) mass is 348 g/mol. The van der Waals surface area contributed by atoms with Gasteiger partial charge in [-0.2, -0.15) is 0 Å². The largest absolute Gasteiger partial charge is 0.478 e. The van der Waals surface area contributed by atoms with E-state index in [4.69, 9.17) is 10.2 Å². The van der Waals surface area contributed by atoms with Gasteiger partial charge in [-0.3, -0.25) is 0 Å². The number of rotatable bonds is 2. The molecule has 0 aromatic heterocycles. The summed E-state index contributed by atoms with van der Waals surface area (Å²) in [7, 11) is 0. The molecule has 0 atom stereocenters. The first-order valence-corrected chi connectivity index (χ1v) is 6.03. The molecule has 0 spiro atoms. The summed E-state index contributed by atoms with van der Waals surface area (Å²) in [5.41, 5.74) is 0.283. The predicted octanol–water partition coefficient (Wildman–Crippen LogP) is 2.99. The summed E-state index contributed by atoms with van der Waals surface area (Å²) in [6.07, 6.45) is 0. The van der Waals surface area contributed by atoms with E-state index in [9.17, 15) is 9.59 Å². The van der Waals surface area contributed by atoms with Gasteiger partial charge in [0.15, 0.2) is 0 Å². The first-order valence-electron chi connectivity index (χ1n) is 4.95. The van der Waals surface area contributed by atoms with E-state index in [-0.39, 0.29) is 16.5 Å². The van der Waals surface area contributed by atoms with E-state index in [1.165, 1.54) is 6.07 Å². The minimum Gasteiger partial charge on any atom is -0.478 e. The van der Waals surface area contributed by atoms with E-state index >= 15 is 0 Å². The van der Waals surface area contributed by atoms with Gasteiger partial charge in [0.2, 0.25) is 0 Å². The van der Waals surface area contributed by atoms with Crippen molar-refractivity contribution in [2.75, 3.05) is 0 Å². The summed E-state index contributed by atoms with van der Waals surface area (Å²) >= 11 is 1.86. The molecule has 0 amide bonds. The summed E-state index contributed by atoms with van der Waals surface area (Å²) in [6.45, 7) is 5.85. The number of carboxylic acids is 2. The van der Waals surface area contributed by atoms with E-state index in [2.05, 4.69) is 0 Å². The number of halogens is 1. The van der Waals surface area contributed by atoms with Crippen molar-refractivity contribution in [2.24, 2.45) is 0 Å². The van der Waals surface area contributed by atoms with E-state index in [0.29, 0.717) is 3.57 Å². The number of benzene rings is 1. The maximum absolute atomic E-state index is 11.1. The molecule has 4 nitrogen and oxygen atoms in total. The molecule has 1 aromatic carbocycles. The maximum atomic E-state index is 11.1. The van der Waals surface area contributed by atoms with Crippen molar-refractivity contribution in [1.29, 1.82) is 0 Å². The van der Waals surface area contributed by atoms with Gasteiger partial charge >= 0.3 is 11.9 Å². The first-order chi connectivity index (χ1) is 7.64. The standard InChI is InChI=1S/C12H13IO4/c1-12(2,3)6-4-7(10(14)15)9(11(16)17)8(13)5-6/h4-5H,1-3H3,(H,14,15)(H,16,17). The highest BCUT2D eigenvalue weighted by Gasteiger charge is 2.24. The average molecular weight is 348 g/mol. The third-order valence-electron chi connectivity index (χ3n) is 2.40. The summed E-state index contributed by atoms with van der Waals surface area (Å²) in [4.78, 5) is 22.1. The fraction of sp³-hybridized carbons (Fsp3) is 0.333. The van der Waals surface area contributed by atoms with Crippen molar-refractivity contribution in [2.45, 2.75) is 26.2 Å². The Bertz CT molecular complexity index is 486. The van der Waals surface area contributed by atoms with Crippen LogP contribution in [-0.4, -0.2) is 22.2 Å². The number of hydrogen-bond acceptors (Lipinski definition) is 2. The summed E-state index contributed by atoms with van der Waals surface area (Å²) in [6, 6.07) is 3.16. The van der Waals surface area contributed by atoms with Crippen molar-refractivity contribution >= 4 is 34.5 Å². The highest BCUT2D eigenvalue weighted by molar-refractivity contribution is 14.1. The summed E-state index contributed by atoms with van der Waals surface area (Å²) < 4.78 is 0.444. The van der Waals surface area contributed by atoms with Crippen LogP contribution >= 0.6 is 22.6 Å². The van der Waals surface area contributed by atoms with Crippen LogP contribution in [-0.2, 0) is 5.41 Å². The Balaban J connectivity index is 3.58. The smallest absolute Gasteiger partial charge is 0.337 e. The molecule has 17 heavy (non-hydrogen) atoms. The van der Waals surface area contributed by atoms with Gasteiger partial charge in [-0.1, -0.05) is 20.8 Å². The molecule has 0 aliphatic carbocycles. The molecule has 92 valence electrons. The normalized spacial score (nSPS) is 11.3. The van der Waals surface area contributed by atoms with Gasteiger partial charge < -0.3 is 10.2 Å². The van der Waals surface area contributed by atoms with E-state index in [0.717, 1.165) is 5.56 Å². The fourth-order valence-corrected chi connectivity index (χ4v) is 2.28. The molecule has 0 aliphatic rings. The molecule has 0 aliphatic heterocycles. The molecular weight excluding hydrogens is 335 g/mol. The minimum absolute atomic E-state index is 0.147. The van der Waals surface area contributed by atoms with Crippen LogP contribution in [0.15, 0.2) is 12.1 Å². The SMILES string of the molecule is CC(C)(C)c1cc(I)c(C(=O)O)c(C(=O)O)c1. The number of hydrogen-bond donors (Lipinski definition) is 2. The average Bonchev–Trinajstić information content (AvgIpc) is 2.13. The number of aromatic carboxylic acids is 2. The van der Waals surface area contributed by atoms with Crippen molar-refractivity contribution in [1.82, 2.24) is 0 Å². The highest BCUT2D eigenvalue weighted by atomic mass is 127. The topological polar surface area (TPSA) is 74.6 Å². The van der Waals surface area contributed by atoms with Crippen molar-refractivity contribution < 1.29 is 19.8 Å². The second kappa shape index (κ2) is 4.64. The van der Waals surface area contributed by atoms with Gasteiger partial charge in [0.1, 0.15) is 0 Å². The highest BCUT2D eigenvalue weighted by Crippen LogP contribution is 2.28. The lowest BCUT2D eigenvalue weighted by molar-refractivity contribution is 0.0650. The molecule has 0 bridgehead atoms. The van der Waals surface area contributed by atoms with Crippen LogP contribution in [0.4, 0.5) is 0 Å². The lowest BCUT2D eigenvalue weighted by Gasteiger charge is -2.20. The van der Waals surface area contributed by atoms with Gasteiger partial charge in [-0.05, 0) is 45.7 Å². The number of carbonyl (C=O) groups is 2. The van der Waals surface area contributed by atoms with Crippen LogP contribution in [0.25, 0.3) is 0 Å². The van der Waals surface area contributed by atoms with Crippen LogP contribution in [0.1, 0.15) is 47.1 Å². The Morgan fingerprint density at radius 1 is 1.12 bits per heavy atom. The van der Waals surface area contributed by atoms with Gasteiger partial charge in [-0.15, -0.1) is 0 Å². The first kappa shape index (κ1) is 14.0. The molecular formula is C12H13IO4. The lowest BCUT2D eigenvalue weighted by Crippen LogP contribution is -2.17. The zero-order valence-electron chi connectivity index (χ0n) is 9.74. The quantitative estimate of drug-likeness (QED) is 0.806. The zero-order chi connectivity index (χ0) is 13.4. The molecule has 0 saturated carbocycles. The van der Waals surface area contributed by atoms with Crippen molar-refractivity contribution in [3.63, 3.8) is 0 Å². The molecule has 0 radical (unpaired) electrons. The molecule has 1 aromatic rings. The molecule has 0 fully saturated rings. The third-order valence-corrected chi connectivity index (χ3v) is 3.25. The Hall–Kier alpha value is -1.11. The Kier molecular flexibility index (Phi) is 3.81. The molecule has 0 heterocycles. The molecule has 1 rings (SSSR count). The maximum Gasteiger partial charge on any atom is 0.337 e. The second-order valence-electron chi connectivity index (χ2n) is 4.74. The van der Waals surface area contributed by atoms with Gasteiger partial charge in [0.05, 0.1) is 11.1 Å². The Morgan fingerprint density at radius 2 is 1.65 bits per heavy atom. The van der Waals surface area contributed by atoms with Gasteiger partial charge in [0, 0.05) is 3.57 Å². The van der Waals surface area contributed by atoms with Crippen LogP contribution in [0, 0.1) is 3.57 Å². The van der Waals surface area contributed by atoms with Crippen molar-refractivity contribution in [3.8, 4) is 0 Å². The van der Waals surface area contributed by atoms with Crippen LogP contribution in [0.3, 0.4) is 0 Å². The van der Waals surface area contributed by atoms with Gasteiger partial charge in [0.25, 0.3) is 0 Å². The number of carboxylic acid groups (broad SMARTS) is 2. The fourth-order valence-electron chi connectivity index (χ4n) is 1.43. The summed E-state index contributed by atoms with van der Waals surface area (Å²) in [5.74, 6) is -2.43. The zero-order valence-corrected chi connectivity index (χ0v) is 11.9. The van der Waals surface area contributed by atoms with Crippen molar-refractivity contribution in [3.05, 3.63) is 32.4 Å². The second-order valence-corrected chi connectivity index (χ2v) is 5.90. The van der Waals surface area contributed by atoms with Crippen LogP contribution in [0.2, 0.25) is 0 Å². The molecule has 5 heteroatoms. The molecule has 2 N–H and O–H groups in total. The minimum atomic E-state index is -1.22.